The van der Waals surface area contributed by atoms with Gasteiger partial charge in [-0.25, -0.2) is 9.48 Å². The number of nitrogens with two attached hydrogens (primary N) is 1. The van der Waals surface area contributed by atoms with E-state index in [1.807, 2.05) is 38.1 Å². The van der Waals surface area contributed by atoms with E-state index in [4.69, 9.17) is 10.5 Å². The van der Waals surface area contributed by atoms with Crippen LogP contribution >= 0.6 is 0 Å². The van der Waals surface area contributed by atoms with Gasteiger partial charge in [0.15, 0.2) is 5.69 Å². The molecule has 0 aliphatic carbocycles. The van der Waals surface area contributed by atoms with Crippen LogP contribution in [0.15, 0.2) is 36.5 Å². The number of carbonyl (C=O) groups excluding carboxylic acids is 1. The second kappa shape index (κ2) is 9.57. The minimum Gasteiger partial charge on any atom is -0.461 e. The predicted octanol–water partition coefficient (Wildman–Crippen LogP) is 2.45. The van der Waals surface area contributed by atoms with E-state index >= 15 is 0 Å². The molecule has 6 heteroatoms. The van der Waals surface area contributed by atoms with Gasteiger partial charge in [-0.15, -0.1) is 0 Å². The van der Waals surface area contributed by atoms with Gasteiger partial charge in [-0.3, -0.25) is 0 Å². The number of anilines is 1. The molecule has 0 atom stereocenters. The van der Waals surface area contributed by atoms with Crippen LogP contribution in [-0.4, -0.2) is 35.4 Å². The molecule has 2 aromatic rings. The molecular weight excluding hydrogens is 280 g/mol. The minimum atomic E-state index is -0.379. The quantitative estimate of drug-likeness (QED) is 0.801. The Balaban J connectivity index is 0.00000116. The van der Waals surface area contributed by atoms with E-state index in [1.54, 1.807) is 23.9 Å². The summed E-state index contributed by atoms with van der Waals surface area (Å²) in [6.45, 7) is 7.41. The van der Waals surface area contributed by atoms with Crippen molar-refractivity contribution < 1.29 is 9.53 Å². The van der Waals surface area contributed by atoms with E-state index in [0.717, 1.165) is 17.9 Å². The Kier molecular flexibility index (Phi) is 7.70. The maximum atomic E-state index is 11.8. The lowest BCUT2D eigenvalue weighted by atomic mass is 10.2. The Labute approximate surface area is 131 Å². The van der Waals surface area contributed by atoms with Crippen molar-refractivity contribution in [2.45, 2.75) is 20.8 Å². The zero-order chi connectivity index (χ0) is 16.4. The van der Waals surface area contributed by atoms with Crippen LogP contribution in [0, 0.1) is 0 Å². The number of nitrogens with zero attached hydrogens (tertiary/aromatic N) is 2. The normalized spacial score (nSPS) is 9.64. The van der Waals surface area contributed by atoms with E-state index in [9.17, 15) is 4.79 Å². The molecule has 0 saturated carbocycles. The van der Waals surface area contributed by atoms with Gasteiger partial charge in [-0.05, 0) is 37.3 Å². The van der Waals surface area contributed by atoms with Crippen LogP contribution in [-0.2, 0) is 4.74 Å². The zero-order valence-corrected chi connectivity index (χ0v) is 13.4. The Bertz CT molecular complexity index is 564. The van der Waals surface area contributed by atoms with Crippen molar-refractivity contribution in [1.29, 1.82) is 0 Å². The first-order chi connectivity index (χ1) is 10.8. The molecule has 1 aromatic carbocycles. The molecule has 2 rings (SSSR count). The molecule has 0 radical (unpaired) electrons. The topological polar surface area (TPSA) is 82.2 Å². The van der Waals surface area contributed by atoms with Crippen molar-refractivity contribution in [2.24, 2.45) is 5.73 Å². The fourth-order valence-electron chi connectivity index (χ4n) is 1.81. The number of ether oxygens (including phenoxy) is 1. The average Bonchev–Trinajstić information content (AvgIpc) is 3.05. The molecule has 0 aliphatic heterocycles. The van der Waals surface area contributed by atoms with Gasteiger partial charge in [0.2, 0.25) is 0 Å². The second-order valence-electron chi connectivity index (χ2n) is 4.11. The Morgan fingerprint density at radius 2 is 1.95 bits per heavy atom. The average molecular weight is 304 g/mol. The molecule has 6 nitrogen and oxygen atoms in total. The Hall–Kier alpha value is -2.34. The third kappa shape index (κ3) is 4.60. The lowest BCUT2D eigenvalue weighted by Crippen LogP contribution is -2.13. The molecule has 1 heterocycles. The first-order valence-electron chi connectivity index (χ1n) is 7.51. The summed E-state index contributed by atoms with van der Waals surface area (Å²) < 4.78 is 6.56. The summed E-state index contributed by atoms with van der Waals surface area (Å²) >= 11 is 0. The number of benzene rings is 1. The highest BCUT2D eigenvalue weighted by molar-refractivity contribution is 5.88. The minimum absolute atomic E-state index is 0.339. The predicted molar refractivity (Wildman–Crippen MR) is 88.4 cm³/mol. The molecule has 0 aliphatic rings. The van der Waals surface area contributed by atoms with E-state index in [-0.39, 0.29) is 5.97 Å². The summed E-state index contributed by atoms with van der Waals surface area (Å²) in [5.41, 5.74) is 7.63. The highest BCUT2D eigenvalue weighted by Crippen LogP contribution is 2.15. The number of aromatic nitrogens is 2. The maximum Gasteiger partial charge on any atom is 0.357 e. The summed E-state index contributed by atoms with van der Waals surface area (Å²) in [7, 11) is 0. The van der Waals surface area contributed by atoms with Crippen molar-refractivity contribution in [3.63, 3.8) is 0 Å². The lowest BCUT2D eigenvalue weighted by Gasteiger charge is -2.09. The lowest BCUT2D eigenvalue weighted by molar-refractivity contribution is 0.0516. The van der Waals surface area contributed by atoms with Crippen molar-refractivity contribution in [3.8, 4) is 5.69 Å². The van der Waals surface area contributed by atoms with Gasteiger partial charge in [-0.1, -0.05) is 13.8 Å². The molecule has 22 heavy (non-hydrogen) atoms. The first kappa shape index (κ1) is 17.7. The van der Waals surface area contributed by atoms with E-state index in [1.165, 1.54) is 0 Å². The van der Waals surface area contributed by atoms with Gasteiger partial charge in [0, 0.05) is 18.8 Å². The van der Waals surface area contributed by atoms with Gasteiger partial charge in [0.25, 0.3) is 0 Å². The zero-order valence-electron chi connectivity index (χ0n) is 13.4. The molecule has 0 saturated heterocycles. The molecule has 0 fully saturated rings. The second-order valence-corrected chi connectivity index (χ2v) is 4.11. The van der Waals surface area contributed by atoms with Crippen molar-refractivity contribution >= 4 is 11.7 Å². The van der Waals surface area contributed by atoms with Crippen LogP contribution in [0.5, 0.6) is 0 Å². The molecule has 3 N–H and O–H groups in total. The molecule has 0 spiro atoms. The smallest absolute Gasteiger partial charge is 0.357 e. The largest absolute Gasteiger partial charge is 0.461 e. The summed E-state index contributed by atoms with van der Waals surface area (Å²) in [5, 5.41) is 7.34. The molecule has 0 amide bonds. The van der Waals surface area contributed by atoms with Crippen molar-refractivity contribution in [2.75, 3.05) is 25.0 Å². The first-order valence-corrected chi connectivity index (χ1v) is 7.51. The number of nitrogens with one attached hydrogen (secondary N) is 1. The Morgan fingerprint density at radius 1 is 1.27 bits per heavy atom. The van der Waals surface area contributed by atoms with Gasteiger partial charge in [-0.2, -0.15) is 5.10 Å². The van der Waals surface area contributed by atoms with Crippen LogP contribution < -0.4 is 11.1 Å². The van der Waals surface area contributed by atoms with Crippen molar-refractivity contribution in [1.82, 2.24) is 9.78 Å². The summed E-state index contributed by atoms with van der Waals surface area (Å²) in [5.74, 6) is -0.379. The van der Waals surface area contributed by atoms with Gasteiger partial charge < -0.3 is 15.8 Å². The third-order valence-electron chi connectivity index (χ3n) is 2.71. The molecule has 1 aromatic heterocycles. The highest BCUT2D eigenvalue weighted by atomic mass is 16.5. The van der Waals surface area contributed by atoms with Crippen LogP contribution in [0.3, 0.4) is 0 Å². The van der Waals surface area contributed by atoms with Crippen LogP contribution in [0.2, 0.25) is 0 Å². The van der Waals surface area contributed by atoms with Crippen LogP contribution in [0.1, 0.15) is 31.3 Å². The van der Waals surface area contributed by atoms with Gasteiger partial charge >= 0.3 is 5.97 Å². The van der Waals surface area contributed by atoms with Crippen molar-refractivity contribution in [3.05, 3.63) is 42.2 Å². The molecular formula is C16H24N4O2. The third-order valence-corrected chi connectivity index (χ3v) is 2.71. The summed E-state index contributed by atoms with van der Waals surface area (Å²) in [4.78, 5) is 11.8. The van der Waals surface area contributed by atoms with Gasteiger partial charge in [0.05, 0.1) is 18.5 Å². The number of rotatable bonds is 6. The van der Waals surface area contributed by atoms with E-state index in [2.05, 4.69) is 10.4 Å². The standard InChI is InChI=1S/C14H18N4O2.C2H6/c1-2-20-14(19)13-7-9-17-18(13)12-5-3-11(4-6-12)16-10-8-15;1-2/h3-7,9,16H,2,8,10,15H2,1H3;1-2H3. The van der Waals surface area contributed by atoms with E-state index in [0.29, 0.717) is 18.8 Å². The summed E-state index contributed by atoms with van der Waals surface area (Å²) in [6.07, 6.45) is 1.58. The SMILES string of the molecule is CC.CCOC(=O)c1ccnn1-c1ccc(NCCN)cc1. The van der Waals surface area contributed by atoms with E-state index < -0.39 is 0 Å². The molecule has 120 valence electrons. The number of carbonyl (C=O) groups is 1. The molecule has 0 unspecified atom stereocenters. The molecule has 0 bridgehead atoms. The number of hydrogen-bond acceptors (Lipinski definition) is 5. The highest BCUT2D eigenvalue weighted by Gasteiger charge is 2.14. The fraction of sp³-hybridized carbons (Fsp3) is 0.375. The van der Waals surface area contributed by atoms with Crippen LogP contribution in [0.4, 0.5) is 5.69 Å². The van der Waals surface area contributed by atoms with Gasteiger partial charge in [0.1, 0.15) is 0 Å². The monoisotopic (exact) mass is 304 g/mol. The van der Waals surface area contributed by atoms with Crippen LogP contribution in [0.25, 0.3) is 5.69 Å². The number of esters is 1. The summed E-state index contributed by atoms with van der Waals surface area (Å²) in [6, 6.07) is 9.24. The number of hydrogen-bond donors (Lipinski definition) is 2. The maximum absolute atomic E-state index is 11.8. The fourth-order valence-corrected chi connectivity index (χ4v) is 1.81. The Morgan fingerprint density at radius 3 is 2.55 bits per heavy atom.